The summed E-state index contributed by atoms with van der Waals surface area (Å²) in [6.07, 6.45) is 0. The maximum Gasteiger partial charge on any atom is 0.251 e. The topological polar surface area (TPSA) is 59.6 Å². The molecule has 0 aliphatic carbocycles. The molecule has 0 bridgehead atoms. The van der Waals surface area contributed by atoms with E-state index in [1.54, 1.807) is 32.4 Å². The quantitative estimate of drug-likeness (QED) is 0.708. The maximum absolute atomic E-state index is 11.9. The summed E-state index contributed by atoms with van der Waals surface area (Å²) in [7, 11) is 3.25. The molecule has 1 amide bonds. The number of rotatable bonds is 8. The Bertz CT molecular complexity index is 413. The van der Waals surface area contributed by atoms with Crippen LogP contribution < -0.4 is 15.4 Å². The van der Waals surface area contributed by atoms with Gasteiger partial charge in [0, 0.05) is 32.3 Å². The number of amides is 1. The summed E-state index contributed by atoms with van der Waals surface area (Å²) in [5.74, 6) is 0.606. The monoisotopic (exact) mass is 330 g/mol. The molecule has 0 spiro atoms. The first-order chi connectivity index (χ1) is 9.19. The number of hydrogen-bond acceptors (Lipinski definition) is 4. The number of halogens is 1. The molecule has 1 aromatic rings. The van der Waals surface area contributed by atoms with E-state index in [0.717, 1.165) is 11.0 Å². The van der Waals surface area contributed by atoms with Crippen molar-refractivity contribution in [2.75, 3.05) is 40.5 Å². The van der Waals surface area contributed by atoms with Crippen LogP contribution >= 0.6 is 15.9 Å². The predicted molar refractivity (Wildman–Crippen MR) is 77.8 cm³/mol. The fourth-order valence-corrected chi connectivity index (χ4v) is 2.01. The first-order valence-electron chi connectivity index (χ1n) is 6.00. The smallest absolute Gasteiger partial charge is 0.251 e. The highest BCUT2D eigenvalue weighted by Crippen LogP contribution is 2.25. The number of nitrogens with one attached hydrogen (secondary N) is 2. The largest absolute Gasteiger partial charge is 0.496 e. The molecule has 0 saturated carbocycles. The van der Waals surface area contributed by atoms with Crippen molar-refractivity contribution >= 4 is 21.8 Å². The number of carbonyl (C=O) groups is 1. The molecule has 0 aliphatic rings. The molecule has 0 unspecified atom stereocenters. The highest BCUT2D eigenvalue weighted by atomic mass is 79.9. The van der Waals surface area contributed by atoms with Gasteiger partial charge in [-0.3, -0.25) is 4.79 Å². The molecular weight excluding hydrogens is 312 g/mol. The van der Waals surface area contributed by atoms with Crippen molar-refractivity contribution in [2.24, 2.45) is 0 Å². The second-order valence-electron chi connectivity index (χ2n) is 3.85. The molecule has 0 aromatic heterocycles. The van der Waals surface area contributed by atoms with Gasteiger partial charge in [0.05, 0.1) is 18.2 Å². The third kappa shape index (κ3) is 5.59. The minimum atomic E-state index is -0.100. The van der Waals surface area contributed by atoms with Gasteiger partial charge in [0.2, 0.25) is 0 Å². The second kappa shape index (κ2) is 8.90. The van der Waals surface area contributed by atoms with Crippen LogP contribution in [0.15, 0.2) is 22.7 Å². The van der Waals surface area contributed by atoms with Gasteiger partial charge in [-0.05, 0) is 34.1 Å². The molecule has 0 saturated heterocycles. The van der Waals surface area contributed by atoms with E-state index in [-0.39, 0.29) is 5.91 Å². The molecule has 2 N–H and O–H groups in total. The Morgan fingerprint density at radius 1 is 1.26 bits per heavy atom. The zero-order chi connectivity index (χ0) is 14.1. The van der Waals surface area contributed by atoms with Crippen molar-refractivity contribution in [1.29, 1.82) is 0 Å². The minimum absolute atomic E-state index is 0.100. The van der Waals surface area contributed by atoms with E-state index >= 15 is 0 Å². The third-order valence-electron chi connectivity index (χ3n) is 2.48. The molecule has 5 nitrogen and oxygen atoms in total. The van der Waals surface area contributed by atoms with E-state index in [2.05, 4.69) is 26.6 Å². The van der Waals surface area contributed by atoms with Crippen molar-refractivity contribution in [1.82, 2.24) is 10.6 Å². The minimum Gasteiger partial charge on any atom is -0.496 e. The van der Waals surface area contributed by atoms with E-state index in [0.29, 0.717) is 31.0 Å². The first-order valence-corrected chi connectivity index (χ1v) is 6.79. The molecule has 0 aliphatic heterocycles. The lowest BCUT2D eigenvalue weighted by molar-refractivity contribution is 0.0953. The molecule has 19 heavy (non-hydrogen) atoms. The van der Waals surface area contributed by atoms with Crippen LogP contribution in [0.3, 0.4) is 0 Å². The summed E-state index contributed by atoms with van der Waals surface area (Å²) in [6.45, 7) is 2.73. The van der Waals surface area contributed by atoms with E-state index in [4.69, 9.17) is 9.47 Å². The van der Waals surface area contributed by atoms with Gasteiger partial charge in [-0.2, -0.15) is 0 Å². The molecule has 0 fully saturated rings. The zero-order valence-electron chi connectivity index (χ0n) is 11.2. The number of carbonyl (C=O) groups excluding carboxylic acids is 1. The van der Waals surface area contributed by atoms with Gasteiger partial charge in [0.1, 0.15) is 5.75 Å². The van der Waals surface area contributed by atoms with Crippen molar-refractivity contribution in [3.8, 4) is 5.75 Å². The molecule has 0 atom stereocenters. The Morgan fingerprint density at radius 2 is 2.05 bits per heavy atom. The second-order valence-corrected chi connectivity index (χ2v) is 4.70. The Morgan fingerprint density at radius 3 is 2.68 bits per heavy atom. The van der Waals surface area contributed by atoms with Crippen LogP contribution in [0.5, 0.6) is 5.75 Å². The van der Waals surface area contributed by atoms with Crippen LogP contribution in [0.2, 0.25) is 0 Å². The summed E-state index contributed by atoms with van der Waals surface area (Å²) in [6, 6.07) is 5.24. The van der Waals surface area contributed by atoms with Gasteiger partial charge in [-0.25, -0.2) is 0 Å². The fraction of sp³-hybridized carbons (Fsp3) is 0.462. The van der Waals surface area contributed by atoms with E-state index in [1.165, 1.54) is 0 Å². The Hall–Kier alpha value is -1.11. The maximum atomic E-state index is 11.9. The van der Waals surface area contributed by atoms with E-state index in [9.17, 15) is 4.79 Å². The predicted octanol–water partition coefficient (Wildman–Crippen LogP) is 1.42. The van der Waals surface area contributed by atoms with Crippen LogP contribution in [0, 0.1) is 0 Å². The van der Waals surface area contributed by atoms with Crippen LogP contribution in [-0.2, 0) is 4.74 Å². The van der Waals surface area contributed by atoms with Gasteiger partial charge in [-0.15, -0.1) is 0 Å². The van der Waals surface area contributed by atoms with Crippen molar-refractivity contribution in [3.63, 3.8) is 0 Å². The summed E-state index contributed by atoms with van der Waals surface area (Å²) in [4.78, 5) is 11.9. The molecule has 1 rings (SSSR count). The summed E-state index contributed by atoms with van der Waals surface area (Å²) in [5, 5.41) is 5.99. The SMILES string of the molecule is COCCNCCNC(=O)c1ccc(OC)c(Br)c1. The molecular formula is C13H19BrN2O3. The normalized spacial score (nSPS) is 10.3. The van der Waals surface area contributed by atoms with E-state index < -0.39 is 0 Å². The van der Waals surface area contributed by atoms with Crippen LogP contribution in [0.1, 0.15) is 10.4 Å². The van der Waals surface area contributed by atoms with E-state index in [1.807, 2.05) is 0 Å². The van der Waals surface area contributed by atoms with Crippen molar-refractivity contribution in [3.05, 3.63) is 28.2 Å². The molecule has 1 aromatic carbocycles. The Balaban J connectivity index is 2.35. The average Bonchev–Trinajstić information content (AvgIpc) is 2.42. The van der Waals surface area contributed by atoms with Crippen LogP contribution in [0.25, 0.3) is 0 Å². The third-order valence-corrected chi connectivity index (χ3v) is 3.10. The number of methoxy groups -OCH3 is 2. The highest BCUT2D eigenvalue weighted by molar-refractivity contribution is 9.10. The van der Waals surface area contributed by atoms with Gasteiger partial charge >= 0.3 is 0 Å². The number of benzene rings is 1. The fourth-order valence-electron chi connectivity index (χ4n) is 1.47. The Kier molecular flexibility index (Phi) is 7.47. The zero-order valence-corrected chi connectivity index (χ0v) is 12.7. The lowest BCUT2D eigenvalue weighted by Crippen LogP contribution is -2.33. The van der Waals surface area contributed by atoms with Gasteiger partial charge in [0.25, 0.3) is 5.91 Å². The molecule has 0 radical (unpaired) electrons. The van der Waals surface area contributed by atoms with Crippen LogP contribution in [0.4, 0.5) is 0 Å². The molecule has 6 heteroatoms. The first kappa shape index (κ1) is 15.9. The highest BCUT2D eigenvalue weighted by Gasteiger charge is 2.07. The standard InChI is InChI=1S/C13H19BrN2O3/c1-18-8-7-15-5-6-16-13(17)10-3-4-12(19-2)11(14)9-10/h3-4,9,15H,5-8H2,1-2H3,(H,16,17). The lowest BCUT2D eigenvalue weighted by atomic mass is 10.2. The summed E-state index contributed by atoms with van der Waals surface area (Å²) in [5.41, 5.74) is 0.601. The van der Waals surface area contributed by atoms with Gasteiger partial charge in [0.15, 0.2) is 0 Å². The van der Waals surface area contributed by atoms with Crippen LogP contribution in [-0.4, -0.2) is 46.4 Å². The lowest BCUT2D eigenvalue weighted by Gasteiger charge is -2.08. The number of ether oxygens (including phenoxy) is 2. The molecule has 0 heterocycles. The average molecular weight is 331 g/mol. The van der Waals surface area contributed by atoms with Gasteiger partial charge < -0.3 is 20.1 Å². The van der Waals surface area contributed by atoms with Crippen molar-refractivity contribution < 1.29 is 14.3 Å². The van der Waals surface area contributed by atoms with Gasteiger partial charge in [-0.1, -0.05) is 0 Å². The Labute approximate surface area is 121 Å². The molecule has 106 valence electrons. The summed E-state index contributed by atoms with van der Waals surface area (Å²) < 4.78 is 10.8. The number of hydrogen-bond donors (Lipinski definition) is 2. The summed E-state index contributed by atoms with van der Waals surface area (Å²) >= 11 is 3.35. The van der Waals surface area contributed by atoms with Crippen molar-refractivity contribution in [2.45, 2.75) is 0 Å².